The molecule has 2 aliphatic rings. The fraction of sp³-hybridized carbons (Fsp3) is 0.273. The summed E-state index contributed by atoms with van der Waals surface area (Å²) in [5, 5.41) is 2.55. The number of carbonyl (C=O) groups excluding carboxylic acids is 1. The molecule has 2 heterocycles. The lowest BCUT2D eigenvalue weighted by molar-refractivity contribution is 0.102. The van der Waals surface area contributed by atoms with Crippen molar-refractivity contribution in [2.45, 2.75) is 18.9 Å². The van der Waals surface area contributed by atoms with Gasteiger partial charge in [-0.2, -0.15) is 4.39 Å². The van der Waals surface area contributed by atoms with E-state index in [1.54, 1.807) is 22.8 Å². The third-order valence-electron chi connectivity index (χ3n) is 5.35. The summed E-state index contributed by atoms with van der Waals surface area (Å²) in [6.07, 6.45) is 2.97. The van der Waals surface area contributed by atoms with E-state index < -0.39 is 23.0 Å². The highest BCUT2D eigenvalue weighted by atomic mass is 19.2. The Kier molecular flexibility index (Phi) is 4.53. The standard InChI is InChI=1S/C22H18F2N2O5/c1-29-21-18(24)15(23)9-13-19(21)26(12-3-4-12)10-14(20(13)27)22(28)25-11-2-5-16-17(8-11)31-7-6-30-16/h2,5,8-10,12H,3-4,6-7H2,1H3,(H,25,28). The number of hydrogen-bond donors (Lipinski definition) is 1. The van der Waals surface area contributed by atoms with Gasteiger partial charge in [0, 0.05) is 24.0 Å². The lowest BCUT2D eigenvalue weighted by Crippen LogP contribution is -2.24. The maximum absolute atomic E-state index is 14.3. The summed E-state index contributed by atoms with van der Waals surface area (Å²) < 4.78 is 46.1. The van der Waals surface area contributed by atoms with Crippen molar-refractivity contribution in [1.82, 2.24) is 4.57 Å². The lowest BCUT2D eigenvalue weighted by atomic mass is 10.1. The highest BCUT2D eigenvalue weighted by molar-refractivity contribution is 6.06. The lowest BCUT2D eigenvalue weighted by Gasteiger charge is -2.19. The van der Waals surface area contributed by atoms with Crippen molar-refractivity contribution >= 4 is 22.5 Å². The van der Waals surface area contributed by atoms with E-state index in [9.17, 15) is 18.4 Å². The van der Waals surface area contributed by atoms with Crippen LogP contribution in [0.4, 0.5) is 14.5 Å². The molecule has 160 valence electrons. The third-order valence-corrected chi connectivity index (χ3v) is 5.35. The molecule has 9 heteroatoms. The largest absolute Gasteiger partial charge is 0.491 e. The number of nitrogens with zero attached hydrogens (tertiary/aromatic N) is 1. The predicted molar refractivity (Wildman–Crippen MR) is 108 cm³/mol. The normalized spacial score (nSPS) is 15.1. The number of anilines is 1. The summed E-state index contributed by atoms with van der Waals surface area (Å²) in [6.45, 7) is 0.836. The van der Waals surface area contributed by atoms with Gasteiger partial charge in [0.15, 0.2) is 23.1 Å². The second-order valence-corrected chi connectivity index (χ2v) is 7.42. The molecule has 0 atom stereocenters. The first kappa shape index (κ1) is 19.3. The molecule has 1 aromatic heterocycles. The van der Waals surface area contributed by atoms with Gasteiger partial charge < -0.3 is 24.1 Å². The number of aromatic nitrogens is 1. The zero-order valence-corrected chi connectivity index (χ0v) is 16.5. The minimum atomic E-state index is -1.21. The molecule has 5 rings (SSSR count). The van der Waals surface area contributed by atoms with E-state index in [0.29, 0.717) is 30.4 Å². The van der Waals surface area contributed by atoms with Crippen molar-refractivity contribution in [3.63, 3.8) is 0 Å². The van der Waals surface area contributed by atoms with Crippen LogP contribution in [0.15, 0.2) is 35.3 Å². The monoisotopic (exact) mass is 428 g/mol. The molecule has 0 bridgehead atoms. The molecule has 3 aromatic rings. The third kappa shape index (κ3) is 3.26. The van der Waals surface area contributed by atoms with Crippen LogP contribution in [0.3, 0.4) is 0 Å². The number of amides is 1. The van der Waals surface area contributed by atoms with Gasteiger partial charge in [-0.05, 0) is 31.0 Å². The number of fused-ring (bicyclic) bond motifs is 2. The van der Waals surface area contributed by atoms with Crippen LogP contribution in [0.1, 0.15) is 29.2 Å². The van der Waals surface area contributed by atoms with Crippen molar-refractivity contribution in [3.05, 3.63) is 57.9 Å². The van der Waals surface area contributed by atoms with E-state index in [1.807, 2.05) is 0 Å². The summed E-state index contributed by atoms with van der Waals surface area (Å²) in [5.41, 5.74) is -0.333. The zero-order valence-electron chi connectivity index (χ0n) is 16.5. The number of ether oxygens (including phenoxy) is 3. The fourth-order valence-corrected chi connectivity index (χ4v) is 3.74. The zero-order chi connectivity index (χ0) is 21.7. The molecule has 0 saturated heterocycles. The first-order valence-electron chi connectivity index (χ1n) is 9.79. The second-order valence-electron chi connectivity index (χ2n) is 7.42. The summed E-state index contributed by atoms with van der Waals surface area (Å²) in [6, 6.07) is 5.68. The molecule has 0 radical (unpaired) electrons. The van der Waals surface area contributed by atoms with Crippen molar-refractivity contribution in [2.24, 2.45) is 0 Å². The molecule has 1 N–H and O–H groups in total. The van der Waals surface area contributed by atoms with E-state index >= 15 is 0 Å². The Hall–Kier alpha value is -3.62. The molecule has 0 spiro atoms. The maximum atomic E-state index is 14.3. The van der Waals surface area contributed by atoms with E-state index in [-0.39, 0.29) is 28.3 Å². The fourth-order valence-electron chi connectivity index (χ4n) is 3.74. The van der Waals surface area contributed by atoms with Crippen LogP contribution in [0.2, 0.25) is 0 Å². The van der Waals surface area contributed by atoms with Crippen LogP contribution in [0.5, 0.6) is 17.2 Å². The number of methoxy groups -OCH3 is 1. The first-order chi connectivity index (χ1) is 15.0. The van der Waals surface area contributed by atoms with Gasteiger partial charge in [0.05, 0.1) is 18.0 Å². The van der Waals surface area contributed by atoms with E-state index in [0.717, 1.165) is 18.9 Å². The second kappa shape index (κ2) is 7.26. The molecule has 1 aliphatic carbocycles. The number of halogens is 2. The summed E-state index contributed by atoms with van der Waals surface area (Å²) in [5.74, 6) is -2.35. The highest BCUT2D eigenvalue weighted by Gasteiger charge is 2.30. The van der Waals surface area contributed by atoms with Gasteiger partial charge in [-0.1, -0.05) is 0 Å². The average molecular weight is 428 g/mol. The predicted octanol–water partition coefficient (Wildman–Crippen LogP) is 3.65. The molecule has 31 heavy (non-hydrogen) atoms. The number of pyridine rings is 1. The van der Waals surface area contributed by atoms with Gasteiger partial charge in [0.25, 0.3) is 5.91 Å². The van der Waals surface area contributed by atoms with Crippen molar-refractivity contribution in [2.75, 3.05) is 25.6 Å². The maximum Gasteiger partial charge on any atom is 0.261 e. The number of benzene rings is 2. The SMILES string of the molecule is COc1c(F)c(F)cc2c(=O)c(C(=O)Nc3ccc4c(c3)OCCO4)cn(C3CC3)c12. The van der Waals surface area contributed by atoms with E-state index in [4.69, 9.17) is 14.2 Å². The molecule has 2 aromatic carbocycles. The minimum Gasteiger partial charge on any atom is -0.491 e. The molecule has 1 aliphatic heterocycles. The van der Waals surface area contributed by atoms with Gasteiger partial charge in [0.2, 0.25) is 11.2 Å². The Balaban J connectivity index is 1.60. The molecule has 1 saturated carbocycles. The molecular weight excluding hydrogens is 410 g/mol. The van der Waals surface area contributed by atoms with Crippen LogP contribution >= 0.6 is 0 Å². The van der Waals surface area contributed by atoms with E-state index in [1.165, 1.54) is 13.3 Å². The Bertz CT molecular complexity index is 1280. The van der Waals surface area contributed by atoms with Gasteiger partial charge in [-0.25, -0.2) is 4.39 Å². The first-order valence-corrected chi connectivity index (χ1v) is 9.79. The Labute approximate surface area is 175 Å². The molecule has 1 amide bonds. The number of carbonyl (C=O) groups is 1. The highest BCUT2D eigenvalue weighted by Crippen LogP contribution is 2.40. The van der Waals surface area contributed by atoms with Crippen molar-refractivity contribution in [1.29, 1.82) is 0 Å². The van der Waals surface area contributed by atoms with E-state index in [2.05, 4.69) is 5.32 Å². The Morgan fingerprint density at radius 3 is 2.61 bits per heavy atom. The average Bonchev–Trinajstić information content (AvgIpc) is 3.61. The number of nitrogens with one attached hydrogen (secondary N) is 1. The molecular formula is C22H18F2N2O5. The Morgan fingerprint density at radius 2 is 1.90 bits per heavy atom. The minimum absolute atomic E-state index is 0.0253. The topological polar surface area (TPSA) is 78.8 Å². The van der Waals surface area contributed by atoms with Gasteiger partial charge >= 0.3 is 0 Å². The van der Waals surface area contributed by atoms with Crippen LogP contribution in [0, 0.1) is 11.6 Å². The van der Waals surface area contributed by atoms with Gasteiger partial charge in [-0.3, -0.25) is 9.59 Å². The van der Waals surface area contributed by atoms with Crippen molar-refractivity contribution < 1.29 is 27.8 Å². The van der Waals surface area contributed by atoms with Crippen LogP contribution in [-0.2, 0) is 0 Å². The molecule has 0 unspecified atom stereocenters. The van der Waals surface area contributed by atoms with Crippen LogP contribution in [0.25, 0.3) is 10.9 Å². The van der Waals surface area contributed by atoms with Crippen LogP contribution in [-0.4, -0.2) is 30.8 Å². The quantitative estimate of drug-likeness (QED) is 0.687. The summed E-state index contributed by atoms with van der Waals surface area (Å²) in [7, 11) is 1.21. The molecule has 1 fully saturated rings. The number of rotatable bonds is 4. The molecule has 7 nitrogen and oxygen atoms in total. The Morgan fingerprint density at radius 1 is 1.16 bits per heavy atom. The van der Waals surface area contributed by atoms with Crippen LogP contribution < -0.4 is 25.0 Å². The smallest absolute Gasteiger partial charge is 0.261 e. The summed E-state index contributed by atoms with van der Waals surface area (Å²) >= 11 is 0. The van der Waals surface area contributed by atoms with Crippen molar-refractivity contribution in [3.8, 4) is 17.2 Å². The van der Waals surface area contributed by atoms with Gasteiger partial charge in [0.1, 0.15) is 18.8 Å². The summed E-state index contributed by atoms with van der Waals surface area (Å²) in [4.78, 5) is 26.0. The number of hydrogen-bond acceptors (Lipinski definition) is 5. The van der Waals surface area contributed by atoms with Gasteiger partial charge in [-0.15, -0.1) is 0 Å².